The van der Waals surface area contributed by atoms with Gasteiger partial charge in [-0.15, -0.1) is 5.10 Å². The zero-order valence-electron chi connectivity index (χ0n) is 10.2. The lowest BCUT2D eigenvalue weighted by Crippen LogP contribution is -2.18. The van der Waals surface area contributed by atoms with Gasteiger partial charge in [0.1, 0.15) is 0 Å². The first-order valence-electron chi connectivity index (χ1n) is 6.11. The summed E-state index contributed by atoms with van der Waals surface area (Å²) in [4.78, 5) is 0. The summed E-state index contributed by atoms with van der Waals surface area (Å²) in [5.74, 6) is 0. The molecule has 19 heavy (non-hydrogen) atoms. The maximum atomic E-state index is 8.95. The molecule has 1 aliphatic carbocycles. The van der Waals surface area contributed by atoms with Gasteiger partial charge < -0.3 is 5.32 Å². The monoisotopic (exact) mass is 273 g/mol. The van der Waals surface area contributed by atoms with E-state index in [-0.39, 0.29) is 0 Å². The molecule has 1 aliphatic rings. The van der Waals surface area contributed by atoms with Crippen molar-refractivity contribution in [2.45, 2.75) is 25.4 Å². The Morgan fingerprint density at radius 1 is 1.47 bits per heavy atom. The van der Waals surface area contributed by atoms with Crippen molar-refractivity contribution in [1.29, 1.82) is 5.26 Å². The molecule has 5 nitrogen and oxygen atoms in total. The molecule has 0 bridgehead atoms. The fourth-order valence-corrected chi connectivity index (χ4v) is 2.06. The van der Waals surface area contributed by atoms with Crippen LogP contribution in [0.3, 0.4) is 0 Å². The molecule has 0 unspecified atom stereocenters. The fraction of sp³-hybridized carbons (Fsp3) is 0.308. The topological polar surface area (TPSA) is 66.5 Å². The molecule has 1 aromatic heterocycles. The van der Waals surface area contributed by atoms with Crippen LogP contribution < -0.4 is 5.32 Å². The van der Waals surface area contributed by atoms with Crippen LogP contribution in [0.5, 0.6) is 0 Å². The van der Waals surface area contributed by atoms with Crippen LogP contribution in [0.15, 0.2) is 24.4 Å². The number of benzene rings is 1. The molecule has 3 rings (SSSR count). The van der Waals surface area contributed by atoms with E-state index in [1.54, 1.807) is 29.1 Å². The lowest BCUT2D eigenvalue weighted by Gasteiger charge is -2.08. The number of nitrogens with zero attached hydrogens (tertiary/aromatic N) is 4. The second-order valence-electron chi connectivity index (χ2n) is 4.57. The molecular formula is C13H12ClN5. The van der Waals surface area contributed by atoms with Crippen molar-refractivity contribution in [2.75, 3.05) is 0 Å². The summed E-state index contributed by atoms with van der Waals surface area (Å²) in [6.07, 6.45) is 4.17. The molecule has 0 atom stereocenters. The van der Waals surface area contributed by atoms with E-state index in [4.69, 9.17) is 16.9 Å². The molecule has 1 heterocycles. The average molecular weight is 274 g/mol. The minimum atomic E-state index is 0.552. The summed E-state index contributed by atoms with van der Waals surface area (Å²) >= 11 is 6.17. The summed E-state index contributed by atoms with van der Waals surface area (Å²) in [6, 6.07) is 7.82. The van der Waals surface area contributed by atoms with Crippen LogP contribution >= 0.6 is 11.6 Å². The van der Waals surface area contributed by atoms with Crippen LogP contribution in [0, 0.1) is 11.3 Å². The molecule has 1 fully saturated rings. The molecule has 96 valence electrons. The molecule has 0 amide bonds. The number of halogens is 1. The summed E-state index contributed by atoms with van der Waals surface area (Å²) < 4.78 is 1.68. The number of nitrogens with one attached hydrogen (secondary N) is 1. The third-order valence-corrected chi connectivity index (χ3v) is 3.39. The highest BCUT2D eigenvalue weighted by molar-refractivity contribution is 6.32. The van der Waals surface area contributed by atoms with E-state index in [0.717, 1.165) is 5.69 Å². The highest BCUT2D eigenvalue weighted by Crippen LogP contribution is 2.23. The number of hydrogen-bond acceptors (Lipinski definition) is 4. The van der Waals surface area contributed by atoms with Crippen LogP contribution in [0.1, 0.15) is 24.1 Å². The van der Waals surface area contributed by atoms with Crippen molar-refractivity contribution in [3.8, 4) is 11.8 Å². The molecule has 0 spiro atoms. The van der Waals surface area contributed by atoms with Crippen LogP contribution in [-0.4, -0.2) is 21.0 Å². The van der Waals surface area contributed by atoms with E-state index in [9.17, 15) is 0 Å². The van der Waals surface area contributed by atoms with Gasteiger partial charge in [-0.2, -0.15) is 5.26 Å². The van der Waals surface area contributed by atoms with Gasteiger partial charge in [-0.05, 0) is 31.0 Å². The molecule has 1 aromatic carbocycles. The maximum absolute atomic E-state index is 8.95. The molecule has 0 saturated heterocycles. The Labute approximate surface area is 115 Å². The predicted molar refractivity (Wildman–Crippen MR) is 70.9 cm³/mol. The quantitative estimate of drug-likeness (QED) is 0.926. The van der Waals surface area contributed by atoms with Crippen LogP contribution in [0.2, 0.25) is 5.02 Å². The fourth-order valence-electron chi connectivity index (χ4n) is 1.86. The van der Waals surface area contributed by atoms with Crippen molar-refractivity contribution < 1.29 is 0 Å². The van der Waals surface area contributed by atoms with E-state index in [1.807, 2.05) is 0 Å². The third-order valence-electron chi connectivity index (χ3n) is 3.07. The Balaban J connectivity index is 1.92. The van der Waals surface area contributed by atoms with E-state index in [0.29, 0.717) is 28.9 Å². The first kappa shape index (κ1) is 12.2. The van der Waals surface area contributed by atoms with Crippen LogP contribution in [-0.2, 0) is 6.54 Å². The summed E-state index contributed by atoms with van der Waals surface area (Å²) in [6.45, 7) is 0.699. The number of nitriles is 1. The molecule has 2 aromatic rings. The SMILES string of the molecule is N#Cc1ccc(Cl)c(-n2nncc2CNC2CC2)c1. The lowest BCUT2D eigenvalue weighted by atomic mass is 10.2. The van der Waals surface area contributed by atoms with E-state index in [1.165, 1.54) is 12.8 Å². The molecule has 6 heteroatoms. The predicted octanol–water partition coefficient (Wildman–Crippen LogP) is 2.04. The Hall–Kier alpha value is -1.90. The van der Waals surface area contributed by atoms with Gasteiger partial charge in [-0.3, -0.25) is 0 Å². The van der Waals surface area contributed by atoms with Crippen molar-refractivity contribution >= 4 is 11.6 Å². The molecule has 1 N–H and O–H groups in total. The molecule has 0 aliphatic heterocycles. The van der Waals surface area contributed by atoms with Gasteiger partial charge in [0.15, 0.2) is 0 Å². The number of hydrogen-bond donors (Lipinski definition) is 1. The van der Waals surface area contributed by atoms with Gasteiger partial charge in [0.05, 0.1) is 34.2 Å². The minimum Gasteiger partial charge on any atom is -0.308 e. The van der Waals surface area contributed by atoms with Crippen LogP contribution in [0.25, 0.3) is 5.69 Å². The van der Waals surface area contributed by atoms with Gasteiger partial charge in [-0.1, -0.05) is 16.8 Å². The zero-order chi connectivity index (χ0) is 13.2. The standard InChI is InChI=1S/C13H12ClN5/c14-12-4-1-9(6-15)5-13(12)19-11(8-17-18-19)7-16-10-2-3-10/h1,4-5,8,10,16H,2-3,7H2. The molecular weight excluding hydrogens is 262 g/mol. The van der Waals surface area contributed by atoms with Crippen molar-refractivity contribution in [2.24, 2.45) is 0 Å². The van der Waals surface area contributed by atoms with E-state index >= 15 is 0 Å². The molecule has 0 radical (unpaired) electrons. The van der Waals surface area contributed by atoms with Crippen molar-refractivity contribution in [3.05, 3.63) is 40.7 Å². The Morgan fingerprint density at radius 2 is 2.32 bits per heavy atom. The molecule has 1 saturated carbocycles. The Morgan fingerprint density at radius 3 is 3.05 bits per heavy atom. The average Bonchev–Trinajstić information content (AvgIpc) is 3.15. The lowest BCUT2D eigenvalue weighted by molar-refractivity contribution is 0.647. The Kier molecular flexibility index (Phi) is 3.20. The Bertz CT molecular complexity index is 639. The van der Waals surface area contributed by atoms with Crippen molar-refractivity contribution in [1.82, 2.24) is 20.3 Å². The van der Waals surface area contributed by atoms with E-state index in [2.05, 4.69) is 21.7 Å². The summed E-state index contributed by atoms with van der Waals surface area (Å²) in [5.41, 5.74) is 2.17. The van der Waals surface area contributed by atoms with Gasteiger partial charge >= 0.3 is 0 Å². The largest absolute Gasteiger partial charge is 0.308 e. The first-order chi connectivity index (χ1) is 9.28. The van der Waals surface area contributed by atoms with Gasteiger partial charge in [-0.25, -0.2) is 4.68 Å². The van der Waals surface area contributed by atoms with Crippen LogP contribution in [0.4, 0.5) is 0 Å². The smallest absolute Gasteiger partial charge is 0.0992 e. The highest BCUT2D eigenvalue weighted by atomic mass is 35.5. The van der Waals surface area contributed by atoms with E-state index < -0.39 is 0 Å². The van der Waals surface area contributed by atoms with Gasteiger partial charge in [0.2, 0.25) is 0 Å². The summed E-state index contributed by atoms with van der Waals surface area (Å²) in [7, 11) is 0. The second-order valence-corrected chi connectivity index (χ2v) is 4.98. The summed E-state index contributed by atoms with van der Waals surface area (Å²) in [5, 5.41) is 20.9. The van der Waals surface area contributed by atoms with Gasteiger partial charge in [0, 0.05) is 12.6 Å². The zero-order valence-corrected chi connectivity index (χ0v) is 10.9. The minimum absolute atomic E-state index is 0.552. The number of aromatic nitrogens is 3. The third kappa shape index (κ3) is 2.60. The van der Waals surface area contributed by atoms with Crippen molar-refractivity contribution in [3.63, 3.8) is 0 Å². The second kappa shape index (κ2) is 5.00. The number of rotatable bonds is 4. The normalized spacial score (nSPS) is 14.3. The first-order valence-corrected chi connectivity index (χ1v) is 6.48. The maximum Gasteiger partial charge on any atom is 0.0992 e. The van der Waals surface area contributed by atoms with Gasteiger partial charge in [0.25, 0.3) is 0 Å². The highest BCUT2D eigenvalue weighted by Gasteiger charge is 2.21.